The molecule has 0 fully saturated rings. The molecular weight excluding hydrogens is 214 g/mol. The highest BCUT2D eigenvalue weighted by Gasteiger charge is 2.14. The zero-order valence-corrected chi connectivity index (χ0v) is 8.88. The fraction of sp³-hybridized carbons (Fsp3) is 0.333. The van der Waals surface area contributed by atoms with E-state index < -0.39 is 10.9 Å². The first-order valence-corrected chi connectivity index (χ1v) is 4.46. The summed E-state index contributed by atoms with van der Waals surface area (Å²) in [4.78, 5) is 25.8. The lowest BCUT2D eigenvalue weighted by Crippen LogP contribution is -2.26. The van der Waals surface area contributed by atoms with Crippen LogP contribution >= 0.6 is 0 Å². The summed E-state index contributed by atoms with van der Waals surface area (Å²) in [6.45, 7) is 1.31. The van der Waals surface area contributed by atoms with Gasteiger partial charge in [-0.1, -0.05) is 0 Å². The number of aryl methyl sites for hydroxylation is 1. The second kappa shape index (κ2) is 4.56. The Labute approximate surface area is 91.5 Å². The molecule has 7 heteroatoms. The zero-order valence-electron chi connectivity index (χ0n) is 8.88. The van der Waals surface area contributed by atoms with Gasteiger partial charge in [0.2, 0.25) is 0 Å². The maximum atomic E-state index is 10.5. The van der Waals surface area contributed by atoms with Crippen molar-refractivity contribution in [2.75, 3.05) is 18.5 Å². The van der Waals surface area contributed by atoms with E-state index in [1.165, 1.54) is 24.0 Å². The first kappa shape index (κ1) is 11.9. The Morgan fingerprint density at radius 2 is 2.25 bits per heavy atom. The Bertz CT molecular complexity index is 433. The molecule has 1 aromatic heterocycles. The van der Waals surface area contributed by atoms with Crippen molar-refractivity contribution in [2.45, 2.75) is 6.92 Å². The molecule has 16 heavy (non-hydrogen) atoms. The number of carboxylic acids is 1. The van der Waals surface area contributed by atoms with Gasteiger partial charge in [-0.2, -0.15) is 0 Å². The number of nitrogens with zero attached hydrogens (tertiary/aromatic N) is 3. The Morgan fingerprint density at radius 1 is 1.62 bits per heavy atom. The Kier molecular flexibility index (Phi) is 3.39. The standard InChI is InChI=1S/C9H11N3O4/c1-6-7(12(15)16)3-4-8(10-6)11(2)5-9(13)14/h3-4H,5H2,1-2H3,(H,13,14). The highest BCUT2D eigenvalue weighted by atomic mass is 16.6. The van der Waals surface area contributed by atoms with Crippen LogP contribution in [0.5, 0.6) is 0 Å². The summed E-state index contributed by atoms with van der Waals surface area (Å²) in [7, 11) is 1.56. The van der Waals surface area contributed by atoms with E-state index in [-0.39, 0.29) is 17.9 Å². The summed E-state index contributed by atoms with van der Waals surface area (Å²) >= 11 is 0. The molecule has 0 saturated heterocycles. The van der Waals surface area contributed by atoms with E-state index in [2.05, 4.69) is 4.98 Å². The van der Waals surface area contributed by atoms with E-state index >= 15 is 0 Å². The van der Waals surface area contributed by atoms with Crippen LogP contribution in [0.15, 0.2) is 12.1 Å². The van der Waals surface area contributed by atoms with Crippen molar-refractivity contribution in [3.63, 3.8) is 0 Å². The second-order valence-electron chi connectivity index (χ2n) is 3.28. The molecule has 0 aliphatic rings. The van der Waals surface area contributed by atoms with Gasteiger partial charge >= 0.3 is 5.97 Å². The Balaban J connectivity index is 2.96. The van der Waals surface area contributed by atoms with Crippen LogP contribution in [0.2, 0.25) is 0 Å². The molecule has 1 aromatic rings. The predicted molar refractivity (Wildman–Crippen MR) is 56.5 cm³/mol. The predicted octanol–water partition coefficient (Wildman–Crippen LogP) is 0.819. The third-order valence-electron chi connectivity index (χ3n) is 2.00. The van der Waals surface area contributed by atoms with Gasteiger partial charge in [0.15, 0.2) is 0 Å². The maximum Gasteiger partial charge on any atom is 0.323 e. The number of carboxylic acid groups (broad SMARTS) is 1. The lowest BCUT2D eigenvalue weighted by molar-refractivity contribution is -0.385. The van der Waals surface area contributed by atoms with Gasteiger partial charge in [0.05, 0.1) is 4.92 Å². The molecule has 1 N–H and O–H groups in total. The van der Waals surface area contributed by atoms with Gasteiger partial charge in [-0.15, -0.1) is 0 Å². The molecule has 0 atom stereocenters. The molecular formula is C9H11N3O4. The van der Waals surface area contributed by atoms with Crippen LogP contribution in [0, 0.1) is 17.0 Å². The van der Waals surface area contributed by atoms with Crippen molar-refractivity contribution < 1.29 is 14.8 Å². The molecule has 0 bridgehead atoms. The topological polar surface area (TPSA) is 96.6 Å². The van der Waals surface area contributed by atoms with E-state index in [4.69, 9.17) is 5.11 Å². The van der Waals surface area contributed by atoms with E-state index in [9.17, 15) is 14.9 Å². The van der Waals surface area contributed by atoms with Gasteiger partial charge in [-0.3, -0.25) is 14.9 Å². The van der Waals surface area contributed by atoms with Gasteiger partial charge < -0.3 is 10.0 Å². The zero-order chi connectivity index (χ0) is 12.3. The van der Waals surface area contributed by atoms with Crippen LogP contribution in [-0.2, 0) is 4.79 Å². The lowest BCUT2D eigenvalue weighted by Gasteiger charge is -2.15. The van der Waals surface area contributed by atoms with Crippen LogP contribution in [0.3, 0.4) is 0 Å². The Hall–Kier alpha value is -2.18. The minimum Gasteiger partial charge on any atom is -0.480 e. The number of nitro groups is 1. The lowest BCUT2D eigenvalue weighted by atomic mass is 10.3. The smallest absolute Gasteiger partial charge is 0.323 e. The number of rotatable bonds is 4. The second-order valence-corrected chi connectivity index (χ2v) is 3.28. The molecule has 0 aliphatic carbocycles. The fourth-order valence-corrected chi connectivity index (χ4v) is 1.23. The summed E-state index contributed by atoms with van der Waals surface area (Å²) < 4.78 is 0. The number of aliphatic carboxylic acids is 1. The monoisotopic (exact) mass is 225 g/mol. The quantitative estimate of drug-likeness (QED) is 0.601. The molecule has 0 radical (unpaired) electrons. The first-order chi connectivity index (χ1) is 7.41. The molecule has 1 heterocycles. The van der Waals surface area contributed by atoms with Crippen LogP contribution in [0.25, 0.3) is 0 Å². The number of anilines is 1. The van der Waals surface area contributed by atoms with Gasteiger partial charge in [0.1, 0.15) is 18.1 Å². The van der Waals surface area contributed by atoms with Gasteiger partial charge in [-0.05, 0) is 13.0 Å². The minimum atomic E-state index is -0.986. The van der Waals surface area contributed by atoms with E-state index in [0.717, 1.165) is 0 Å². The number of hydrogen-bond acceptors (Lipinski definition) is 5. The fourth-order valence-electron chi connectivity index (χ4n) is 1.23. The van der Waals surface area contributed by atoms with Crippen LogP contribution < -0.4 is 4.90 Å². The number of hydrogen-bond donors (Lipinski definition) is 1. The number of aromatic nitrogens is 1. The van der Waals surface area contributed by atoms with Crippen LogP contribution in [0.1, 0.15) is 5.69 Å². The number of likely N-dealkylation sites (N-methyl/N-ethyl adjacent to an activating group) is 1. The Morgan fingerprint density at radius 3 is 2.69 bits per heavy atom. The molecule has 7 nitrogen and oxygen atoms in total. The summed E-state index contributed by atoms with van der Waals surface area (Å²) in [5.41, 5.74) is 0.187. The van der Waals surface area contributed by atoms with Gasteiger partial charge in [-0.25, -0.2) is 4.98 Å². The average molecular weight is 225 g/mol. The molecule has 0 unspecified atom stereocenters. The van der Waals surface area contributed by atoms with E-state index in [1.54, 1.807) is 7.05 Å². The van der Waals surface area contributed by atoms with Crippen molar-refractivity contribution in [1.29, 1.82) is 0 Å². The minimum absolute atomic E-state index is 0.0764. The normalized spacial score (nSPS) is 9.88. The highest BCUT2D eigenvalue weighted by Crippen LogP contribution is 2.19. The molecule has 86 valence electrons. The molecule has 0 saturated carbocycles. The third-order valence-corrected chi connectivity index (χ3v) is 2.00. The van der Waals surface area contributed by atoms with E-state index in [1.807, 2.05) is 0 Å². The van der Waals surface area contributed by atoms with Crippen LogP contribution in [0.4, 0.5) is 11.5 Å². The van der Waals surface area contributed by atoms with Gasteiger partial charge in [0.25, 0.3) is 5.69 Å². The number of carbonyl (C=O) groups is 1. The average Bonchev–Trinajstić information content (AvgIpc) is 2.15. The molecule has 0 spiro atoms. The SMILES string of the molecule is Cc1nc(N(C)CC(=O)O)ccc1[N+](=O)[O-]. The third kappa shape index (κ3) is 2.66. The summed E-state index contributed by atoms with van der Waals surface area (Å²) in [6, 6.07) is 2.74. The molecule has 0 aromatic carbocycles. The van der Waals surface area contributed by atoms with Crippen molar-refractivity contribution in [3.8, 4) is 0 Å². The summed E-state index contributed by atoms with van der Waals surface area (Å²) in [5, 5.41) is 19.1. The van der Waals surface area contributed by atoms with E-state index in [0.29, 0.717) is 5.82 Å². The highest BCUT2D eigenvalue weighted by molar-refractivity contribution is 5.73. The summed E-state index contributed by atoms with van der Waals surface area (Å²) in [6.07, 6.45) is 0. The largest absolute Gasteiger partial charge is 0.480 e. The summed E-state index contributed by atoms with van der Waals surface area (Å²) in [5.74, 6) is -0.592. The number of pyridine rings is 1. The van der Waals surface area contributed by atoms with Gasteiger partial charge in [0, 0.05) is 13.1 Å². The molecule has 0 amide bonds. The van der Waals surface area contributed by atoms with Crippen molar-refractivity contribution in [2.24, 2.45) is 0 Å². The molecule has 0 aliphatic heterocycles. The van der Waals surface area contributed by atoms with Crippen molar-refractivity contribution >= 4 is 17.5 Å². The van der Waals surface area contributed by atoms with Crippen LogP contribution in [-0.4, -0.2) is 34.6 Å². The first-order valence-electron chi connectivity index (χ1n) is 4.46. The van der Waals surface area contributed by atoms with Crippen molar-refractivity contribution in [3.05, 3.63) is 27.9 Å². The molecule has 1 rings (SSSR count). The maximum absolute atomic E-state index is 10.5. The van der Waals surface area contributed by atoms with Crippen molar-refractivity contribution in [1.82, 2.24) is 4.98 Å².